The van der Waals surface area contributed by atoms with Crippen LogP contribution in [0.4, 0.5) is 10.5 Å². The van der Waals surface area contributed by atoms with Gasteiger partial charge in [-0.1, -0.05) is 24.3 Å². The van der Waals surface area contributed by atoms with Crippen molar-refractivity contribution in [1.82, 2.24) is 15.1 Å². The zero-order valence-corrected chi connectivity index (χ0v) is 16.1. The second-order valence-corrected chi connectivity index (χ2v) is 6.65. The van der Waals surface area contributed by atoms with E-state index < -0.39 is 0 Å². The molecule has 4 amide bonds. The van der Waals surface area contributed by atoms with E-state index in [9.17, 15) is 14.4 Å². The van der Waals surface area contributed by atoms with E-state index in [-0.39, 0.29) is 17.8 Å². The highest BCUT2D eigenvalue weighted by Gasteiger charge is 2.24. The lowest BCUT2D eigenvalue weighted by Gasteiger charge is -2.34. The Kier molecular flexibility index (Phi) is 6.63. The van der Waals surface area contributed by atoms with Crippen LogP contribution in [0.25, 0.3) is 0 Å². The van der Waals surface area contributed by atoms with Gasteiger partial charge in [0.15, 0.2) is 0 Å². The van der Waals surface area contributed by atoms with Gasteiger partial charge in [0, 0.05) is 49.5 Å². The Bertz CT molecular complexity index is 873. The summed E-state index contributed by atoms with van der Waals surface area (Å²) < 4.78 is 0. The van der Waals surface area contributed by atoms with E-state index in [1.807, 2.05) is 18.2 Å². The number of amides is 4. The van der Waals surface area contributed by atoms with Crippen LogP contribution in [0.15, 0.2) is 67.3 Å². The number of piperazine rings is 1. The summed E-state index contributed by atoms with van der Waals surface area (Å²) in [5, 5.41) is 5.53. The molecule has 2 aromatic rings. The summed E-state index contributed by atoms with van der Waals surface area (Å²) in [7, 11) is 0. The van der Waals surface area contributed by atoms with Gasteiger partial charge in [-0.3, -0.25) is 9.59 Å². The van der Waals surface area contributed by atoms with Crippen LogP contribution in [0.5, 0.6) is 0 Å². The zero-order valence-electron chi connectivity index (χ0n) is 16.1. The number of carbonyl (C=O) groups excluding carboxylic acids is 3. The zero-order chi connectivity index (χ0) is 20.6. The van der Waals surface area contributed by atoms with Crippen molar-refractivity contribution >= 4 is 23.5 Å². The molecule has 7 heteroatoms. The average Bonchev–Trinajstić information content (AvgIpc) is 2.78. The fourth-order valence-electron chi connectivity index (χ4n) is 3.05. The molecule has 3 rings (SSSR count). The first-order chi connectivity index (χ1) is 14.1. The number of nitrogens with one attached hydrogen (secondary N) is 2. The molecule has 0 aliphatic carbocycles. The van der Waals surface area contributed by atoms with Crippen molar-refractivity contribution in [3.63, 3.8) is 0 Å². The van der Waals surface area contributed by atoms with Gasteiger partial charge in [-0.25, -0.2) is 4.79 Å². The van der Waals surface area contributed by atoms with Crippen molar-refractivity contribution in [2.24, 2.45) is 0 Å². The largest absolute Gasteiger partial charge is 0.349 e. The van der Waals surface area contributed by atoms with E-state index in [1.54, 1.807) is 52.3 Å². The molecule has 7 nitrogen and oxygen atoms in total. The molecule has 2 N–H and O–H groups in total. The van der Waals surface area contributed by atoms with Crippen molar-refractivity contribution < 1.29 is 14.4 Å². The van der Waals surface area contributed by atoms with Gasteiger partial charge in [0.25, 0.3) is 11.8 Å². The maximum atomic E-state index is 12.5. The number of nitrogens with zero attached hydrogens (tertiary/aromatic N) is 2. The Balaban J connectivity index is 1.50. The first-order valence-electron chi connectivity index (χ1n) is 9.48. The summed E-state index contributed by atoms with van der Waals surface area (Å²) in [6, 6.07) is 15.6. The maximum absolute atomic E-state index is 12.5. The third kappa shape index (κ3) is 5.22. The predicted molar refractivity (Wildman–Crippen MR) is 112 cm³/mol. The van der Waals surface area contributed by atoms with Crippen LogP contribution in [0.1, 0.15) is 20.7 Å². The predicted octanol–water partition coefficient (Wildman–Crippen LogP) is 2.59. The van der Waals surface area contributed by atoms with Gasteiger partial charge in [0.2, 0.25) is 0 Å². The van der Waals surface area contributed by atoms with Crippen LogP contribution < -0.4 is 10.6 Å². The summed E-state index contributed by atoms with van der Waals surface area (Å²) in [6.45, 7) is 5.87. The van der Waals surface area contributed by atoms with E-state index in [4.69, 9.17) is 0 Å². The summed E-state index contributed by atoms with van der Waals surface area (Å²) >= 11 is 0. The summed E-state index contributed by atoms with van der Waals surface area (Å²) in [6.07, 6.45) is 1.61. The highest BCUT2D eigenvalue weighted by molar-refractivity contribution is 5.96. The second-order valence-electron chi connectivity index (χ2n) is 6.65. The van der Waals surface area contributed by atoms with Crippen molar-refractivity contribution in [2.45, 2.75) is 0 Å². The minimum Gasteiger partial charge on any atom is -0.349 e. The second kappa shape index (κ2) is 9.54. The van der Waals surface area contributed by atoms with Crippen LogP contribution in [0, 0.1) is 0 Å². The van der Waals surface area contributed by atoms with E-state index in [0.29, 0.717) is 49.5 Å². The molecule has 0 spiro atoms. The lowest BCUT2D eigenvalue weighted by molar-refractivity contribution is 0.0671. The average molecular weight is 392 g/mol. The van der Waals surface area contributed by atoms with Gasteiger partial charge in [0.05, 0.1) is 0 Å². The summed E-state index contributed by atoms with van der Waals surface area (Å²) in [5.41, 5.74) is 1.78. The van der Waals surface area contributed by atoms with Gasteiger partial charge in [0.1, 0.15) is 0 Å². The molecule has 29 heavy (non-hydrogen) atoms. The Hall–Kier alpha value is -3.61. The summed E-state index contributed by atoms with van der Waals surface area (Å²) in [5.74, 6) is -0.210. The number of rotatable bonds is 5. The molecule has 1 heterocycles. The first-order valence-corrected chi connectivity index (χ1v) is 9.48. The molecule has 0 unspecified atom stereocenters. The molecule has 0 radical (unpaired) electrons. The molecular formula is C22H24N4O3. The molecule has 1 saturated heterocycles. The topological polar surface area (TPSA) is 81.8 Å². The Morgan fingerprint density at radius 2 is 1.48 bits per heavy atom. The number of hydrogen-bond donors (Lipinski definition) is 2. The first kappa shape index (κ1) is 20.1. The van der Waals surface area contributed by atoms with Crippen LogP contribution in [0.3, 0.4) is 0 Å². The van der Waals surface area contributed by atoms with E-state index in [1.165, 1.54) is 0 Å². The number of benzene rings is 2. The molecule has 0 aromatic heterocycles. The van der Waals surface area contributed by atoms with Crippen molar-refractivity contribution in [3.8, 4) is 0 Å². The third-order valence-corrected chi connectivity index (χ3v) is 4.68. The van der Waals surface area contributed by atoms with Gasteiger partial charge >= 0.3 is 6.03 Å². The van der Waals surface area contributed by atoms with Crippen LogP contribution in [0.2, 0.25) is 0 Å². The van der Waals surface area contributed by atoms with Crippen molar-refractivity contribution in [1.29, 1.82) is 0 Å². The van der Waals surface area contributed by atoms with Crippen molar-refractivity contribution in [2.75, 3.05) is 38.0 Å². The minimum absolute atomic E-state index is 0.0176. The van der Waals surface area contributed by atoms with Crippen LogP contribution >= 0.6 is 0 Å². The molecule has 0 atom stereocenters. The van der Waals surface area contributed by atoms with Gasteiger partial charge < -0.3 is 20.4 Å². The Morgan fingerprint density at radius 3 is 2.10 bits per heavy atom. The fourth-order valence-corrected chi connectivity index (χ4v) is 3.05. The smallest absolute Gasteiger partial charge is 0.321 e. The maximum Gasteiger partial charge on any atom is 0.321 e. The molecule has 1 aliphatic heterocycles. The summed E-state index contributed by atoms with van der Waals surface area (Å²) in [4.78, 5) is 40.3. The highest BCUT2D eigenvalue weighted by atomic mass is 16.2. The lowest BCUT2D eigenvalue weighted by Crippen LogP contribution is -2.51. The van der Waals surface area contributed by atoms with Gasteiger partial charge in [-0.05, 0) is 36.4 Å². The third-order valence-electron chi connectivity index (χ3n) is 4.68. The van der Waals surface area contributed by atoms with E-state index in [0.717, 1.165) is 0 Å². The molecule has 2 aromatic carbocycles. The van der Waals surface area contributed by atoms with E-state index >= 15 is 0 Å². The van der Waals surface area contributed by atoms with Crippen LogP contribution in [-0.4, -0.2) is 60.4 Å². The lowest BCUT2D eigenvalue weighted by atomic mass is 10.2. The molecular weight excluding hydrogens is 368 g/mol. The molecule has 150 valence electrons. The SMILES string of the molecule is C=CCNC(=O)c1ccc(NC(=O)N2CCN(C(=O)c3ccccc3)CC2)cc1. The molecule has 0 saturated carbocycles. The molecule has 1 fully saturated rings. The Morgan fingerprint density at radius 1 is 0.862 bits per heavy atom. The quantitative estimate of drug-likeness (QED) is 0.768. The normalized spacial score (nSPS) is 13.5. The highest BCUT2D eigenvalue weighted by Crippen LogP contribution is 2.13. The molecule has 0 bridgehead atoms. The van der Waals surface area contributed by atoms with Gasteiger partial charge in [-0.15, -0.1) is 6.58 Å². The molecule has 1 aliphatic rings. The Labute approximate surface area is 170 Å². The fraction of sp³-hybridized carbons (Fsp3) is 0.227. The number of urea groups is 1. The number of hydrogen-bond acceptors (Lipinski definition) is 3. The monoisotopic (exact) mass is 392 g/mol. The number of anilines is 1. The van der Waals surface area contributed by atoms with Crippen LogP contribution in [-0.2, 0) is 0 Å². The van der Waals surface area contributed by atoms with E-state index in [2.05, 4.69) is 17.2 Å². The number of carbonyl (C=O) groups is 3. The van der Waals surface area contributed by atoms with Crippen molar-refractivity contribution in [3.05, 3.63) is 78.4 Å². The van der Waals surface area contributed by atoms with Gasteiger partial charge in [-0.2, -0.15) is 0 Å². The minimum atomic E-state index is -0.222. The standard InChI is InChI=1S/C22H24N4O3/c1-2-12-23-20(27)17-8-10-19(11-9-17)24-22(29)26-15-13-25(14-16-26)21(28)18-6-4-3-5-7-18/h2-11H,1,12-16H2,(H,23,27)(H,24,29).